The largest absolute Gasteiger partial charge is 0.395 e. The fourth-order valence-corrected chi connectivity index (χ4v) is 1.67. The molecular formula is C13H28N2O2. The summed E-state index contributed by atoms with van der Waals surface area (Å²) >= 11 is 0. The zero-order valence-electron chi connectivity index (χ0n) is 11.7. The van der Waals surface area contributed by atoms with Gasteiger partial charge in [0.15, 0.2) is 0 Å². The van der Waals surface area contributed by atoms with E-state index in [1.165, 1.54) is 0 Å². The van der Waals surface area contributed by atoms with Crippen LogP contribution >= 0.6 is 0 Å². The predicted molar refractivity (Wildman–Crippen MR) is 70.9 cm³/mol. The molecule has 0 bridgehead atoms. The summed E-state index contributed by atoms with van der Waals surface area (Å²) in [6.45, 7) is 10.2. The molecule has 0 aromatic heterocycles. The van der Waals surface area contributed by atoms with E-state index in [4.69, 9.17) is 5.11 Å². The summed E-state index contributed by atoms with van der Waals surface area (Å²) < 4.78 is 0. The number of likely N-dealkylation sites (N-methyl/N-ethyl adjacent to an activating group) is 1. The molecule has 1 amide bonds. The molecule has 0 aromatic carbocycles. The van der Waals surface area contributed by atoms with Crippen molar-refractivity contribution in [2.75, 3.05) is 26.2 Å². The van der Waals surface area contributed by atoms with Gasteiger partial charge >= 0.3 is 0 Å². The van der Waals surface area contributed by atoms with Crippen molar-refractivity contribution in [2.24, 2.45) is 5.92 Å². The Balaban J connectivity index is 3.83. The third kappa shape index (κ3) is 9.12. The van der Waals surface area contributed by atoms with Crippen molar-refractivity contribution in [3.8, 4) is 0 Å². The molecule has 0 aromatic rings. The Bertz CT molecular complexity index is 208. The first-order chi connectivity index (χ1) is 7.99. The van der Waals surface area contributed by atoms with E-state index in [1.807, 2.05) is 18.7 Å². The van der Waals surface area contributed by atoms with Crippen LogP contribution in [0.25, 0.3) is 0 Å². The van der Waals surface area contributed by atoms with E-state index in [-0.39, 0.29) is 18.6 Å². The Morgan fingerprint density at radius 3 is 2.41 bits per heavy atom. The molecule has 0 heterocycles. The summed E-state index contributed by atoms with van der Waals surface area (Å²) in [7, 11) is 0. The summed E-state index contributed by atoms with van der Waals surface area (Å²) in [5, 5.41) is 11.8. The highest BCUT2D eigenvalue weighted by molar-refractivity contribution is 5.78. The van der Waals surface area contributed by atoms with Gasteiger partial charge in [0, 0.05) is 12.6 Å². The fraction of sp³-hybridized carbons (Fsp3) is 0.923. The van der Waals surface area contributed by atoms with Crippen LogP contribution in [0, 0.1) is 5.92 Å². The number of amides is 1. The van der Waals surface area contributed by atoms with Crippen LogP contribution in [0.4, 0.5) is 0 Å². The Kier molecular flexibility index (Phi) is 9.09. The summed E-state index contributed by atoms with van der Waals surface area (Å²) in [5.41, 5.74) is 0. The van der Waals surface area contributed by atoms with E-state index in [9.17, 15) is 4.79 Å². The molecule has 0 saturated carbocycles. The summed E-state index contributed by atoms with van der Waals surface area (Å²) in [6, 6.07) is 0.234. The van der Waals surface area contributed by atoms with Gasteiger partial charge in [-0.3, -0.25) is 9.69 Å². The molecule has 0 radical (unpaired) electrons. The number of carbonyl (C=O) groups excluding carboxylic acids is 1. The minimum atomic E-state index is 0.0524. The number of nitrogens with zero attached hydrogens (tertiary/aromatic N) is 1. The first-order valence-electron chi connectivity index (χ1n) is 6.62. The number of aliphatic hydroxyl groups is 1. The monoisotopic (exact) mass is 244 g/mol. The van der Waals surface area contributed by atoms with Crippen LogP contribution in [0.1, 0.15) is 40.5 Å². The van der Waals surface area contributed by atoms with E-state index < -0.39 is 0 Å². The van der Waals surface area contributed by atoms with Crippen LogP contribution in [0.2, 0.25) is 0 Å². The van der Waals surface area contributed by atoms with Crippen molar-refractivity contribution in [1.82, 2.24) is 10.2 Å². The van der Waals surface area contributed by atoms with E-state index >= 15 is 0 Å². The lowest BCUT2D eigenvalue weighted by molar-refractivity contribution is -0.123. The summed E-state index contributed by atoms with van der Waals surface area (Å²) in [6.07, 6.45) is 2.16. The second-order valence-electron chi connectivity index (χ2n) is 5.03. The number of hydrogen-bond donors (Lipinski definition) is 2. The first kappa shape index (κ1) is 16.4. The second-order valence-corrected chi connectivity index (χ2v) is 5.03. The maximum Gasteiger partial charge on any atom is 0.234 e. The number of aliphatic hydroxyl groups excluding tert-OH is 1. The maximum absolute atomic E-state index is 11.7. The smallest absolute Gasteiger partial charge is 0.234 e. The predicted octanol–water partition coefficient (Wildman–Crippen LogP) is 1.24. The lowest BCUT2D eigenvalue weighted by atomic mass is 10.0. The van der Waals surface area contributed by atoms with Crippen molar-refractivity contribution in [3.05, 3.63) is 0 Å². The number of carbonyl (C=O) groups is 1. The molecule has 0 saturated heterocycles. The third-order valence-corrected chi connectivity index (χ3v) is 2.82. The van der Waals surface area contributed by atoms with Gasteiger partial charge in [-0.05, 0) is 32.2 Å². The quantitative estimate of drug-likeness (QED) is 0.641. The first-order valence-corrected chi connectivity index (χ1v) is 6.62. The topological polar surface area (TPSA) is 52.6 Å². The fourth-order valence-electron chi connectivity index (χ4n) is 1.67. The Hall–Kier alpha value is -0.610. The summed E-state index contributed by atoms with van der Waals surface area (Å²) in [4.78, 5) is 13.6. The van der Waals surface area contributed by atoms with E-state index in [0.29, 0.717) is 19.0 Å². The van der Waals surface area contributed by atoms with Crippen molar-refractivity contribution < 1.29 is 9.90 Å². The average Bonchev–Trinajstić information content (AvgIpc) is 2.25. The van der Waals surface area contributed by atoms with Crippen LogP contribution in [-0.4, -0.2) is 48.2 Å². The highest BCUT2D eigenvalue weighted by Crippen LogP contribution is 2.06. The van der Waals surface area contributed by atoms with Crippen LogP contribution < -0.4 is 5.32 Å². The molecule has 0 spiro atoms. The lowest BCUT2D eigenvalue weighted by Crippen LogP contribution is -2.42. The average molecular weight is 244 g/mol. The van der Waals surface area contributed by atoms with Crippen molar-refractivity contribution in [2.45, 2.75) is 46.6 Å². The van der Waals surface area contributed by atoms with Gasteiger partial charge in [-0.1, -0.05) is 20.8 Å². The van der Waals surface area contributed by atoms with Crippen molar-refractivity contribution in [1.29, 1.82) is 0 Å². The Labute approximate surface area is 105 Å². The SMILES string of the molecule is CCN(CCO)CC(=O)NC(C)CCC(C)C. The molecule has 17 heavy (non-hydrogen) atoms. The van der Waals surface area contributed by atoms with Crippen LogP contribution in [0.3, 0.4) is 0 Å². The van der Waals surface area contributed by atoms with E-state index in [1.54, 1.807) is 0 Å². The number of hydrogen-bond acceptors (Lipinski definition) is 3. The lowest BCUT2D eigenvalue weighted by Gasteiger charge is -2.21. The second kappa shape index (κ2) is 9.42. The van der Waals surface area contributed by atoms with Gasteiger partial charge < -0.3 is 10.4 Å². The molecule has 0 aliphatic carbocycles. The van der Waals surface area contributed by atoms with E-state index in [0.717, 1.165) is 19.4 Å². The molecule has 1 unspecified atom stereocenters. The maximum atomic E-state index is 11.7. The molecule has 0 fully saturated rings. The van der Waals surface area contributed by atoms with E-state index in [2.05, 4.69) is 19.2 Å². The molecule has 102 valence electrons. The van der Waals surface area contributed by atoms with Gasteiger partial charge in [-0.15, -0.1) is 0 Å². The third-order valence-electron chi connectivity index (χ3n) is 2.82. The molecule has 0 rings (SSSR count). The van der Waals surface area contributed by atoms with Gasteiger partial charge in [-0.2, -0.15) is 0 Å². The molecule has 4 heteroatoms. The van der Waals surface area contributed by atoms with Crippen LogP contribution in [-0.2, 0) is 4.79 Å². The molecular weight excluding hydrogens is 216 g/mol. The van der Waals surface area contributed by atoms with Gasteiger partial charge in [0.25, 0.3) is 0 Å². The minimum Gasteiger partial charge on any atom is -0.395 e. The number of rotatable bonds is 9. The standard InChI is InChI=1S/C13H28N2O2/c1-5-15(8-9-16)10-13(17)14-12(4)7-6-11(2)3/h11-12,16H,5-10H2,1-4H3,(H,14,17). The Morgan fingerprint density at radius 2 is 1.94 bits per heavy atom. The molecule has 1 atom stereocenters. The Morgan fingerprint density at radius 1 is 1.29 bits per heavy atom. The van der Waals surface area contributed by atoms with Gasteiger partial charge in [0.05, 0.1) is 13.2 Å². The van der Waals surface area contributed by atoms with Crippen molar-refractivity contribution in [3.63, 3.8) is 0 Å². The van der Waals surface area contributed by atoms with Crippen molar-refractivity contribution >= 4 is 5.91 Å². The van der Waals surface area contributed by atoms with Gasteiger partial charge in [0.1, 0.15) is 0 Å². The highest BCUT2D eigenvalue weighted by Gasteiger charge is 2.11. The molecule has 0 aliphatic heterocycles. The van der Waals surface area contributed by atoms with Gasteiger partial charge in [0.2, 0.25) is 5.91 Å². The zero-order valence-corrected chi connectivity index (χ0v) is 11.7. The number of nitrogens with one attached hydrogen (secondary N) is 1. The van der Waals surface area contributed by atoms with Gasteiger partial charge in [-0.25, -0.2) is 0 Å². The van der Waals surface area contributed by atoms with Crippen LogP contribution in [0.15, 0.2) is 0 Å². The molecule has 4 nitrogen and oxygen atoms in total. The zero-order chi connectivity index (χ0) is 13.3. The normalized spacial score (nSPS) is 13.1. The molecule has 2 N–H and O–H groups in total. The molecule has 0 aliphatic rings. The minimum absolute atomic E-state index is 0.0524. The van der Waals surface area contributed by atoms with Crippen LogP contribution in [0.5, 0.6) is 0 Å². The highest BCUT2D eigenvalue weighted by atomic mass is 16.3. The summed E-state index contributed by atoms with van der Waals surface area (Å²) in [5.74, 6) is 0.729.